The summed E-state index contributed by atoms with van der Waals surface area (Å²) in [6.45, 7) is 6.22. The molecule has 0 unspecified atom stereocenters. The van der Waals surface area contributed by atoms with Crippen LogP contribution in [0.2, 0.25) is 0 Å². The van der Waals surface area contributed by atoms with Crippen LogP contribution in [-0.4, -0.2) is 32.8 Å². The lowest BCUT2D eigenvalue weighted by Gasteiger charge is -2.22. The first-order valence-electron chi connectivity index (χ1n) is 7.20. The van der Waals surface area contributed by atoms with Gasteiger partial charge in [0.2, 0.25) is 0 Å². The average Bonchev–Trinajstić information content (AvgIpc) is 2.73. The zero-order valence-corrected chi connectivity index (χ0v) is 12.3. The molecular weight excluding hydrogens is 250 g/mol. The van der Waals surface area contributed by atoms with Gasteiger partial charge in [0.1, 0.15) is 0 Å². The Morgan fingerprint density at radius 3 is 2.80 bits per heavy atom. The number of aryl methyl sites for hydroxylation is 2. The van der Waals surface area contributed by atoms with Gasteiger partial charge in [-0.15, -0.1) is 0 Å². The van der Waals surface area contributed by atoms with Crippen LogP contribution in [-0.2, 0) is 7.05 Å². The number of nitrogens with zero attached hydrogens (tertiary/aromatic N) is 4. The monoisotopic (exact) mass is 271 g/mol. The topological polar surface area (TPSA) is 55.6 Å². The maximum absolute atomic E-state index is 4.85. The molecule has 1 aliphatic heterocycles. The first-order chi connectivity index (χ1) is 9.66. The van der Waals surface area contributed by atoms with Crippen LogP contribution in [0.3, 0.4) is 0 Å². The van der Waals surface area contributed by atoms with Crippen molar-refractivity contribution in [2.24, 2.45) is 7.05 Å². The molecule has 106 valence electrons. The minimum absolute atomic E-state index is 0.480. The summed E-state index contributed by atoms with van der Waals surface area (Å²) >= 11 is 0. The molecule has 0 aromatic carbocycles. The van der Waals surface area contributed by atoms with E-state index in [2.05, 4.69) is 22.3 Å². The molecule has 20 heavy (non-hydrogen) atoms. The molecule has 0 spiro atoms. The molecule has 0 aliphatic carbocycles. The summed E-state index contributed by atoms with van der Waals surface area (Å²) in [5.41, 5.74) is 5.30. The van der Waals surface area contributed by atoms with Gasteiger partial charge in [0, 0.05) is 37.0 Å². The highest BCUT2D eigenvalue weighted by Gasteiger charge is 2.19. The Kier molecular flexibility index (Phi) is 3.53. The molecule has 2 aromatic rings. The van der Waals surface area contributed by atoms with Crippen LogP contribution >= 0.6 is 0 Å². The minimum Gasteiger partial charge on any atom is -0.316 e. The Bertz CT molecular complexity index is 611. The van der Waals surface area contributed by atoms with E-state index in [1.54, 1.807) is 0 Å². The van der Waals surface area contributed by atoms with E-state index in [0.717, 1.165) is 41.4 Å². The number of aromatic nitrogens is 4. The molecule has 0 amide bonds. The lowest BCUT2D eigenvalue weighted by molar-refractivity contribution is 0.454. The second-order valence-electron chi connectivity index (χ2n) is 5.54. The van der Waals surface area contributed by atoms with E-state index in [0.29, 0.717) is 5.92 Å². The second-order valence-corrected chi connectivity index (χ2v) is 5.54. The van der Waals surface area contributed by atoms with Gasteiger partial charge < -0.3 is 5.32 Å². The van der Waals surface area contributed by atoms with Crippen LogP contribution in [0.4, 0.5) is 0 Å². The van der Waals surface area contributed by atoms with Crippen LogP contribution in [0, 0.1) is 13.8 Å². The van der Waals surface area contributed by atoms with Crippen molar-refractivity contribution in [2.45, 2.75) is 32.6 Å². The molecule has 1 N–H and O–H groups in total. The van der Waals surface area contributed by atoms with Crippen LogP contribution < -0.4 is 5.32 Å². The molecule has 1 fully saturated rings. The fourth-order valence-electron chi connectivity index (χ4n) is 2.95. The van der Waals surface area contributed by atoms with Crippen LogP contribution in [0.5, 0.6) is 0 Å². The summed E-state index contributed by atoms with van der Waals surface area (Å²) in [5.74, 6) is 0.480. The van der Waals surface area contributed by atoms with Crippen molar-refractivity contribution in [2.75, 3.05) is 13.1 Å². The van der Waals surface area contributed by atoms with Crippen molar-refractivity contribution in [3.8, 4) is 11.3 Å². The molecule has 0 radical (unpaired) electrons. The lowest BCUT2D eigenvalue weighted by atomic mass is 9.96. The largest absolute Gasteiger partial charge is 0.316 e. The Balaban J connectivity index is 1.98. The Hall–Kier alpha value is -1.75. The SMILES string of the molecule is Cc1nn(C)c(C)c1-c1cncc([C@@H]2CCCNC2)n1. The van der Waals surface area contributed by atoms with Gasteiger partial charge in [-0.2, -0.15) is 5.10 Å². The van der Waals surface area contributed by atoms with Gasteiger partial charge in [-0.05, 0) is 33.2 Å². The van der Waals surface area contributed by atoms with Gasteiger partial charge in [-0.1, -0.05) is 0 Å². The molecule has 1 saturated heterocycles. The van der Waals surface area contributed by atoms with Crippen molar-refractivity contribution >= 4 is 0 Å². The highest BCUT2D eigenvalue weighted by atomic mass is 15.3. The summed E-state index contributed by atoms with van der Waals surface area (Å²) in [5, 5.41) is 7.90. The maximum atomic E-state index is 4.85. The van der Waals surface area contributed by atoms with Gasteiger partial charge in [0.05, 0.1) is 23.3 Å². The third kappa shape index (κ3) is 2.33. The van der Waals surface area contributed by atoms with Gasteiger partial charge in [-0.3, -0.25) is 9.67 Å². The van der Waals surface area contributed by atoms with Crippen LogP contribution in [0.15, 0.2) is 12.4 Å². The molecule has 2 aromatic heterocycles. The van der Waals surface area contributed by atoms with E-state index in [1.165, 1.54) is 12.8 Å². The number of nitrogens with one attached hydrogen (secondary N) is 1. The molecule has 5 heteroatoms. The molecule has 3 rings (SSSR count). The van der Waals surface area contributed by atoms with E-state index in [1.807, 2.05) is 31.0 Å². The summed E-state index contributed by atoms with van der Waals surface area (Å²) in [6.07, 6.45) is 6.15. The number of hydrogen-bond donors (Lipinski definition) is 1. The predicted molar refractivity (Wildman–Crippen MR) is 78.6 cm³/mol. The third-order valence-corrected chi connectivity index (χ3v) is 4.13. The lowest BCUT2D eigenvalue weighted by Crippen LogP contribution is -2.28. The first kappa shape index (κ1) is 13.2. The fraction of sp³-hybridized carbons (Fsp3) is 0.533. The number of rotatable bonds is 2. The van der Waals surface area contributed by atoms with Gasteiger partial charge in [0.25, 0.3) is 0 Å². The third-order valence-electron chi connectivity index (χ3n) is 4.13. The van der Waals surface area contributed by atoms with Crippen molar-refractivity contribution in [3.63, 3.8) is 0 Å². The number of piperidine rings is 1. The zero-order valence-electron chi connectivity index (χ0n) is 12.3. The highest BCUT2D eigenvalue weighted by molar-refractivity contribution is 5.64. The van der Waals surface area contributed by atoms with E-state index in [9.17, 15) is 0 Å². The van der Waals surface area contributed by atoms with E-state index < -0.39 is 0 Å². The summed E-state index contributed by atoms with van der Waals surface area (Å²) in [7, 11) is 1.97. The predicted octanol–water partition coefficient (Wildman–Crippen LogP) is 1.96. The molecule has 0 saturated carbocycles. The van der Waals surface area contributed by atoms with Crippen molar-refractivity contribution in [1.82, 2.24) is 25.1 Å². The average molecular weight is 271 g/mol. The highest BCUT2D eigenvalue weighted by Crippen LogP contribution is 2.27. The van der Waals surface area contributed by atoms with E-state index in [4.69, 9.17) is 4.98 Å². The molecule has 1 aliphatic rings. The molecule has 1 atom stereocenters. The van der Waals surface area contributed by atoms with E-state index >= 15 is 0 Å². The number of hydrogen-bond acceptors (Lipinski definition) is 4. The quantitative estimate of drug-likeness (QED) is 0.907. The fourth-order valence-corrected chi connectivity index (χ4v) is 2.95. The van der Waals surface area contributed by atoms with Crippen molar-refractivity contribution in [1.29, 1.82) is 0 Å². The van der Waals surface area contributed by atoms with Crippen LogP contribution in [0.25, 0.3) is 11.3 Å². The first-order valence-corrected chi connectivity index (χ1v) is 7.20. The molecule has 0 bridgehead atoms. The molecule has 5 nitrogen and oxygen atoms in total. The van der Waals surface area contributed by atoms with Crippen LogP contribution in [0.1, 0.15) is 35.8 Å². The normalized spacial score (nSPS) is 19.2. The van der Waals surface area contributed by atoms with Gasteiger partial charge in [-0.25, -0.2) is 4.98 Å². The van der Waals surface area contributed by atoms with Gasteiger partial charge in [0.15, 0.2) is 0 Å². The van der Waals surface area contributed by atoms with Crippen molar-refractivity contribution in [3.05, 3.63) is 29.5 Å². The molecular formula is C15H21N5. The smallest absolute Gasteiger partial charge is 0.0925 e. The minimum atomic E-state index is 0.480. The van der Waals surface area contributed by atoms with E-state index in [-0.39, 0.29) is 0 Å². The maximum Gasteiger partial charge on any atom is 0.0925 e. The Morgan fingerprint density at radius 2 is 2.15 bits per heavy atom. The second kappa shape index (κ2) is 5.32. The Morgan fingerprint density at radius 1 is 1.30 bits per heavy atom. The molecule has 3 heterocycles. The summed E-state index contributed by atoms with van der Waals surface area (Å²) < 4.78 is 1.90. The standard InChI is InChI=1S/C15H21N5/c1-10-15(11(2)20(3)19-10)14-9-17-8-13(18-14)12-5-4-6-16-7-12/h8-9,12,16H,4-7H2,1-3H3/t12-/m1/s1. The Labute approximate surface area is 119 Å². The summed E-state index contributed by atoms with van der Waals surface area (Å²) in [4.78, 5) is 9.25. The van der Waals surface area contributed by atoms with Gasteiger partial charge >= 0.3 is 0 Å². The van der Waals surface area contributed by atoms with Crippen molar-refractivity contribution < 1.29 is 0 Å². The summed E-state index contributed by atoms with van der Waals surface area (Å²) in [6, 6.07) is 0. The zero-order chi connectivity index (χ0) is 14.1.